The number of thioether (sulfide) groups is 1. The number of aromatic nitrogens is 1. The van der Waals surface area contributed by atoms with Gasteiger partial charge in [0, 0.05) is 25.5 Å². The van der Waals surface area contributed by atoms with E-state index in [9.17, 15) is 0 Å². The predicted octanol–water partition coefficient (Wildman–Crippen LogP) is 4.65. The van der Waals surface area contributed by atoms with E-state index in [4.69, 9.17) is 9.69 Å². The minimum atomic E-state index is -1.75. The largest absolute Gasteiger partial charge is 0.412 e. The third kappa shape index (κ3) is 4.49. The Morgan fingerprint density at radius 2 is 2.17 bits per heavy atom. The average Bonchev–Trinajstić information content (AvgIpc) is 2.47. The van der Waals surface area contributed by atoms with E-state index in [0.717, 1.165) is 36.5 Å². The van der Waals surface area contributed by atoms with Crippen LogP contribution in [0.25, 0.3) is 0 Å². The standard InChI is InChI=1S/C17H27N3OSSi/c1-17(2,3)23(4,5)21-14-7-6-10-20(12-14)15-8-9-19-11-16(15)22-13-18/h8-9,11,14H,6-7,10,12H2,1-5H3/t14-/m1/s1. The topological polar surface area (TPSA) is 49.1 Å². The molecule has 2 rings (SSSR count). The third-order valence-corrected chi connectivity index (χ3v) is 10.1. The van der Waals surface area contributed by atoms with E-state index in [2.05, 4.69) is 49.2 Å². The maximum Gasteiger partial charge on any atom is 0.192 e. The zero-order valence-electron chi connectivity index (χ0n) is 14.8. The minimum absolute atomic E-state index is 0.230. The summed E-state index contributed by atoms with van der Waals surface area (Å²) in [7, 11) is -1.75. The number of nitrogens with zero attached hydrogens (tertiary/aromatic N) is 3. The lowest BCUT2D eigenvalue weighted by molar-refractivity contribution is 0.160. The molecule has 126 valence electrons. The monoisotopic (exact) mass is 349 g/mol. The van der Waals surface area contributed by atoms with Crippen molar-refractivity contribution in [3.63, 3.8) is 0 Å². The minimum Gasteiger partial charge on any atom is -0.412 e. The van der Waals surface area contributed by atoms with Crippen molar-refractivity contribution in [3.05, 3.63) is 18.5 Å². The molecule has 23 heavy (non-hydrogen) atoms. The van der Waals surface area contributed by atoms with Crippen LogP contribution >= 0.6 is 11.8 Å². The smallest absolute Gasteiger partial charge is 0.192 e. The van der Waals surface area contributed by atoms with Crippen LogP contribution in [0.3, 0.4) is 0 Å². The lowest BCUT2D eigenvalue weighted by Gasteiger charge is -2.43. The fourth-order valence-electron chi connectivity index (χ4n) is 2.61. The normalized spacial score (nSPS) is 19.5. The molecule has 0 radical (unpaired) electrons. The molecule has 2 heterocycles. The molecule has 0 aromatic carbocycles. The lowest BCUT2D eigenvalue weighted by atomic mass is 10.1. The number of rotatable bonds is 4. The Hall–Kier alpha value is -1.03. The van der Waals surface area contributed by atoms with Crippen molar-refractivity contribution in [2.75, 3.05) is 18.0 Å². The predicted molar refractivity (Wildman–Crippen MR) is 99.2 cm³/mol. The Bertz CT molecular complexity index is 580. The molecule has 0 N–H and O–H groups in total. The van der Waals surface area contributed by atoms with Crippen molar-refractivity contribution in [2.45, 2.75) is 62.7 Å². The van der Waals surface area contributed by atoms with E-state index >= 15 is 0 Å². The Labute approximate surface area is 145 Å². The molecular weight excluding hydrogens is 322 g/mol. The van der Waals surface area contributed by atoms with E-state index in [1.54, 1.807) is 12.4 Å². The maximum absolute atomic E-state index is 8.98. The highest BCUT2D eigenvalue weighted by Gasteiger charge is 2.40. The van der Waals surface area contributed by atoms with Gasteiger partial charge in [-0.25, -0.2) is 0 Å². The number of anilines is 1. The molecule has 1 fully saturated rings. The van der Waals surface area contributed by atoms with Gasteiger partial charge in [0.1, 0.15) is 5.40 Å². The quantitative estimate of drug-likeness (QED) is 0.450. The molecule has 0 aliphatic carbocycles. The maximum atomic E-state index is 8.98. The molecule has 0 unspecified atom stereocenters. The molecule has 0 bridgehead atoms. The first-order chi connectivity index (χ1) is 10.7. The Kier molecular flexibility index (Phi) is 5.77. The van der Waals surface area contributed by atoms with Gasteiger partial charge < -0.3 is 9.33 Å². The molecule has 0 amide bonds. The van der Waals surface area contributed by atoms with Gasteiger partial charge in [0.15, 0.2) is 8.32 Å². The highest BCUT2D eigenvalue weighted by molar-refractivity contribution is 8.03. The number of hydrogen-bond acceptors (Lipinski definition) is 5. The van der Waals surface area contributed by atoms with Gasteiger partial charge in [-0.2, -0.15) is 5.26 Å². The summed E-state index contributed by atoms with van der Waals surface area (Å²) in [6.45, 7) is 13.4. The van der Waals surface area contributed by atoms with E-state index in [-0.39, 0.29) is 11.1 Å². The molecule has 0 spiro atoms. The summed E-state index contributed by atoms with van der Waals surface area (Å²) in [5, 5.41) is 11.4. The molecule has 4 nitrogen and oxygen atoms in total. The van der Waals surface area contributed by atoms with E-state index in [1.165, 1.54) is 11.8 Å². The fourth-order valence-corrected chi connectivity index (χ4v) is 4.50. The van der Waals surface area contributed by atoms with Crippen LogP contribution < -0.4 is 4.90 Å². The Morgan fingerprint density at radius 3 is 2.83 bits per heavy atom. The summed E-state index contributed by atoms with van der Waals surface area (Å²) >= 11 is 1.18. The van der Waals surface area contributed by atoms with Gasteiger partial charge in [0.2, 0.25) is 0 Å². The Morgan fingerprint density at radius 1 is 1.43 bits per heavy atom. The zero-order chi connectivity index (χ0) is 17.1. The third-order valence-electron chi connectivity index (χ3n) is 4.90. The number of pyridine rings is 1. The van der Waals surface area contributed by atoms with Gasteiger partial charge in [-0.05, 0) is 48.8 Å². The van der Waals surface area contributed by atoms with Crippen molar-refractivity contribution < 1.29 is 4.43 Å². The van der Waals surface area contributed by atoms with E-state index in [0.29, 0.717) is 0 Å². The molecule has 1 aliphatic rings. The molecule has 1 saturated heterocycles. The van der Waals surface area contributed by atoms with Gasteiger partial charge in [-0.15, -0.1) is 0 Å². The van der Waals surface area contributed by atoms with Crippen LogP contribution in [-0.2, 0) is 4.43 Å². The molecule has 1 aliphatic heterocycles. The van der Waals surface area contributed by atoms with Gasteiger partial charge in [-0.3, -0.25) is 4.98 Å². The average molecular weight is 350 g/mol. The summed E-state index contributed by atoms with van der Waals surface area (Å²) < 4.78 is 6.60. The SMILES string of the molecule is CC(C)(C)[Si](C)(C)O[C@@H]1CCCN(c2ccncc2SC#N)C1. The van der Waals surface area contributed by atoms with Gasteiger partial charge >= 0.3 is 0 Å². The first-order valence-electron chi connectivity index (χ1n) is 8.17. The lowest BCUT2D eigenvalue weighted by Crippen LogP contribution is -2.49. The van der Waals surface area contributed by atoms with E-state index in [1.807, 2.05) is 6.07 Å². The van der Waals surface area contributed by atoms with Crippen molar-refractivity contribution in [1.29, 1.82) is 5.26 Å². The number of hydrogen-bond donors (Lipinski definition) is 0. The molecule has 0 saturated carbocycles. The molecule has 1 aromatic heterocycles. The summed E-state index contributed by atoms with van der Waals surface area (Å²) in [6.07, 6.45) is 6.10. The van der Waals surface area contributed by atoms with Crippen LogP contribution in [0.2, 0.25) is 18.1 Å². The second-order valence-electron chi connectivity index (χ2n) is 7.63. The summed E-state index contributed by atoms with van der Waals surface area (Å²) in [6, 6.07) is 2.01. The first-order valence-corrected chi connectivity index (χ1v) is 11.9. The summed E-state index contributed by atoms with van der Waals surface area (Å²) in [5.74, 6) is 0. The fraction of sp³-hybridized carbons (Fsp3) is 0.647. The van der Waals surface area contributed by atoms with Crippen molar-refractivity contribution >= 4 is 25.8 Å². The van der Waals surface area contributed by atoms with Crippen LogP contribution in [0.1, 0.15) is 33.6 Å². The number of thiocyanates is 1. The second-order valence-corrected chi connectivity index (χ2v) is 13.2. The van der Waals surface area contributed by atoms with Gasteiger partial charge in [-0.1, -0.05) is 20.8 Å². The van der Waals surface area contributed by atoms with Crippen molar-refractivity contribution in [3.8, 4) is 5.40 Å². The molecule has 6 heteroatoms. The van der Waals surface area contributed by atoms with Crippen LogP contribution in [0.15, 0.2) is 23.4 Å². The Balaban J connectivity index is 2.12. The zero-order valence-corrected chi connectivity index (χ0v) is 16.6. The van der Waals surface area contributed by atoms with Crippen molar-refractivity contribution in [2.24, 2.45) is 0 Å². The van der Waals surface area contributed by atoms with Crippen LogP contribution in [-0.4, -0.2) is 32.5 Å². The van der Waals surface area contributed by atoms with Gasteiger partial charge in [0.05, 0.1) is 16.7 Å². The number of piperidine rings is 1. The summed E-state index contributed by atoms with van der Waals surface area (Å²) in [5.41, 5.74) is 1.11. The van der Waals surface area contributed by atoms with Crippen LogP contribution in [0.5, 0.6) is 0 Å². The van der Waals surface area contributed by atoms with Crippen molar-refractivity contribution in [1.82, 2.24) is 4.98 Å². The van der Waals surface area contributed by atoms with Gasteiger partial charge in [0.25, 0.3) is 0 Å². The highest BCUT2D eigenvalue weighted by Crippen LogP contribution is 2.39. The highest BCUT2D eigenvalue weighted by atomic mass is 32.2. The van der Waals surface area contributed by atoms with Crippen LogP contribution in [0, 0.1) is 10.7 Å². The van der Waals surface area contributed by atoms with E-state index < -0.39 is 8.32 Å². The molecule has 1 atom stereocenters. The van der Waals surface area contributed by atoms with Crippen LogP contribution in [0.4, 0.5) is 5.69 Å². The molecular formula is C17H27N3OSSi. The molecule has 1 aromatic rings. The number of nitriles is 1. The first kappa shape index (κ1) is 18.3. The second kappa shape index (κ2) is 7.25. The summed E-state index contributed by atoms with van der Waals surface area (Å²) in [4.78, 5) is 7.43.